The van der Waals surface area contributed by atoms with Crippen LogP contribution in [0.2, 0.25) is 0 Å². The van der Waals surface area contributed by atoms with Crippen molar-refractivity contribution in [2.24, 2.45) is 9.98 Å². The molecule has 0 spiro atoms. The maximum atomic E-state index is 11.1. The van der Waals surface area contributed by atoms with Crippen molar-refractivity contribution in [3.8, 4) is 0 Å². The molecule has 0 bridgehead atoms. The van der Waals surface area contributed by atoms with Gasteiger partial charge in [-0.25, -0.2) is 0 Å². The molecule has 0 fully saturated rings. The van der Waals surface area contributed by atoms with Gasteiger partial charge < -0.3 is 31.1 Å². The fourth-order valence-corrected chi connectivity index (χ4v) is 1.18. The van der Waals surface area contributed by atoms with Gasteiger partial charge in [-0.05, 0) is 11.8 Å². The molecule has 0 aromatic rings. The van der Waals surface area contributed by atoms with E-state index in [-0.39, 0.29) is 57.2 Å². The molecular formula is C10H12Cu2N4O6S2+2. The quantitative estimate of drug-likeness (QED) is 0.120. The number of nitrogens with zero attached hydrogens (tertiary/aromatic N) is 2. The Labute approximate surface area is 168 Å². The number of rotatable bonds is 8. The molecule has 0 saturated heterocycles. The van der Waals surface area contributed by atoms with E-state index < -0.39 is 36.8 Å². The van der Waals surface area contributed by atoms with Crippen LogP contribution in [0.3, 0.4) is 0 Å². The number of nitrogens with one attached hydrogen (secondary N) is 2. The molecule has 14 heteroatoms. The number of carboxylic acid groups (broad SMARTS) is 2. The first-order valence-corrected chi connectivity index (χ1v) is 6.44. The van der Waals surface area contributed by atoms with Gasteiger partial charge in [0.05, 0.1) is 0 Å². The number of aliphatic carboxylic acids is 2. The molecule has 0 heterocycles. The van der Waals surface area contributed by atoms with Crippen molar-refractivity contribution in [1.82, 2.24) is 10.6 Å². The zero-order chi connectivity index (χ0) is 17.1. The second kappa shape index (κ2) is 15.2. The van der Waals surface area contributed by atoms with E-state index in [1.54, 1.807) is 0 Å². The zero-order valence-corrected chi connectivity index (χ0v) is 15.2. The van der Waals surface area contributed by atoms with Gasteiger partial charge in [-0.15, -0.1) is 0 Å². The molecule has 0 aromatic heterocycles. The molecular weight excluding hydrogens is 463 g/mol. The van der Waals surface area contributed by atoms with Gasteiger partial charge in [0.15, 0.2) is 0 Å². The molecule has 0 aliphatic carbocycles. The fraction of sp³-hybridized carbons (Fsp3) is 0.400. The summed E-state index contributed by atoms with van der Waals surface area (Å²) >= 11 is 9.66. The Morgan fingerprint density at radius 1 is 0.833 bits per heavy atom. The van der Waals surface area contributed by atoms with Crippen molar-refractivity contribution < 1.29 is 64.2 Å². The van der Waals surface area contributed by atoms with Gasteiger partial charge in [0.25, 0.3) is 0 Å². The van der Waals surface area contributed by atoms with Gasteiger partial charge in [-0.3, -0.25) is 19.6 Å². The summed E-state index contributed by atoms with van der Waals surface area (Å²) in [6.45, 7) is -1.97. The number of carboxylic acids is 2. The monoisotopic (exact) mass is 474 g/mol. The second-order valence-electron chi connectivity index (χ2n) is 3.57. The summed E-state index contributed by atoms with van der Waals surface area (Å²) in [7, 11) is 0. The molecule has 0 aromatic carbocycles. The van der Waals surface area contributed by atoms with E-state index in [1.165, 1.54) is 0 Å². The Balaban J connectivity index is -0.00000220. The molecule has 0 atom stereocenters. The van der Waals surface area contributed by atoms with Crippen LogP contribution in [-0.4, -0.2) is 70.1 Å². The smallest absolute Gasteiger partial charge is 0.861 e. The van der Waals surface area contributed by atoms with Crippen LogP contribution in [0.15, 0.2) is 9.98 Å². The van der Waals surface area contributed by atoms with E-state index in [9.17, 15) is 19.8 Å². The molecule has 0 saturated carbocycles. The minimum atomic E-state index is -1.24. The summed E-state index contributed by atoms with van der Waals surface area (Å²) < 4.78 is 0. The van der Waals surface area contributed by atoms with E-state index >= 15 is 0 Å². The minimum Gasteiger partial charge on any atom is -0.861 e. The Hall–Kier alpha value is -1.30. The van der Waals surface area contributed by atoms with Crippen molar-refractivity contribution >= 4 is 58.1 Å². The Kier molecular flexibility index (Phi) is 17.5. The van der Waals surface area contributed by atoms with Crippen molar-refractivity contribution in [1.29, 1.82) is 0 Å². The van der Waals surface area contributed by atoms with Crippen molar-refractivity contribution in [3.63, 3.8) is 0 Å². The van der Waals surface area contributed by atoms with Crippen LogP contribution in [-0.2, 0) is 43.7 Å². The zero-order valence-electron chi connectivity index (χ0n) is 11.7. The largest absolute Gasteiger partial charge is 2.00 e. The van der Waals surface area contributed by atoms with Gasteiger partial charge in [-0.2, -0.15) is 0 Å². The van der Waals surface area contributed by atoms with Gasteiger partial charge in [0.1, 0.15) is 23.1 Å². The standard InChI is InChI=1S/C10H14N4O6S2.2Cu/c15-5(11-3-7(17)18)1-13-9(21)10(22)14-2-6(16)12-4-8(19)20;;/h1-4H2,(H,11,15)(H,12,16)(H,13,21)(H,14,22)(H,17,18)(H,19,20);;/q;2*+2/p-2. The summed E-state index contributed by atoms with van der Waals surface area (Å²) in [6, 6.07) is 0. The first kappa shape index (κ1) is 27.5. The summed E-state index contributed by atoms with van der Waals surface area (Å²) in [5.41, 5.74) is 0. The van der Waals surface area contributed by atoms with Crippen LogP contribution >= 0.6 is 24.4 Å². The number of aliphatic imine (C=N–C) groups is 2. The van der Waals surface area contributed by atoms with Crippen LogP contribution in [0.5, 0.6) is 0 Å². The van der Waals surface area contributed by atoms with Gasteiger partial charge >= 0.3 is 46.1 Å². The van der Waals surface area contributed by atoms with E-state index in [0.717, 1.165) is 0 Å². The predicted octanol–water partition coefficient (Wildman–Crippen LogP) is -3.50. The second-order valence-corrected chi connectivity index (χ2v) is 4.39. The number of carbonyl (C=O) groups is 2. The van der Waals surface area contributed by atoms with Gasteiger partial charge in [0, 0.05) is 13.1 Å². The fourth-order valence-electron chi connectivity index (χ4n) is 0.896. The number of hydrogen-bond donors (Lipinski definition) is 4. The third-order valence-electron chi connectivity index (χ3n) is 1.79. The average Bonchev–Trinajstić information content (AvgIpc) is 2.45. The third kappa shape index (κ3) is 15.6. The van der Waals surface area contributed by atoms with Crippen molar-refractivity contribution in [3.05, 3.63) is 0 Å². The van der Waals surface area contributed by atoms with Crippen LogP contribution < -0.4 is 20.8 Å². The first-order chi connectivity index (χ1) is 10.2. The average molecular weight is 475 g/mol. The van der Waals surface area contributed by atoms with E-state index in [1.807, 2.05) is 0 Å². The molecule has 10 nitrogen and oxygen atoms in total. The summed E-state index contributed by atoms with van der Waals surface area (Å²) in [5.74, 6) is -3.92. The molecule has 0 aliphatic heterocycles. The van der Waals surface area contributed by atoms with Crippen LogP contribution in [0.25, 0.3) is 0 Å². The van der Waals surface area contributed by atoms with Crippen molar-refractivity contribution in [2.75, 3.05) is 26.2 Å². The Bertz CT molecular complexity index is 483. The topological polar surface area (TPSA) is 169 Å². The SMILES string of the molecule is O=C(O)CN=C([O-])CNC(=S)C(=S)NCC([O-])=NCC(=O)O.[Cu+2].[Cu+2]. The van der Waals surface area contributed by atoms with E-state index in [4.69, 9.17) is 34.6 Å². The van der Waals surface area contributed by atoms with Gasteiger partial charge in [0.2, 0.25) is 0 Å². The van der Waals surface area contributed by atoms with Crippen LogP contribution in [0, 0.1) is 0 Å². The summed E-state index contributed by atoms with van der Waals surface area (Å²) in [6.07, 6.45) is 0. The molecule has 4 N–H and O–H groups in total. The van der Waals surface area contributed by atoms with E-state index in [0.29, 0.717) is 0 Å². The molecule has 0 aliphatic rings. The molecule has 0 rings (SSSR count). The van der Waals surface area contributed by atoms with Gasteiger partial charge in [-0.1, -0.05) is 24.4 Å². The Morgan fingerprint density at radius 2 is 1.12 bits per heavy atom. The normalized spacial score (nSPS) is 10.7. The first-order valence-electron chi connectivity index (χ1n) is 5.62. The molecule has 0 unspecified atom stereocenters. The molecule has 140 valence electrons. The van der Waals surface area contributed by atoms with Crippen molar-refractivity contribution in [2.45, 2.75) is 0 Å². The molecule has 24 heavy (non-hydrogen) atoms. The number of hydrogen-bond acceptors (Lipinski definition) is 8. The summed E-state index contributed by atoms with van der Waals surface area (Å²) in [5, 5.41) is 43.8. The summed E-state index contributed by atoms with van der Waals surface area (Å²) in [4.78, 5) is 26.7. The van der Waals surface area contributed by atoms with E-state index in [2.05, 4.69) is 20.6 Å². The van der Waals surface area contributed by atoms with Crippen LogP contribution in [0.1, 0.15) is 0 Å². The van der Waals surface area contributed by atoms with Crippen LogP contribution in [0.4, 0.5) is 0 Å². The number of thiocarbonyl (C=S) groups is 2. The third-order valence-corrected chi connectivity index (χ3v) is 2.61. The Morgan fingerprint density at radius 3 is 1.38 bits per heavy atom. The maximum Gasteiger partial charge on any atom is 2.00 e. The molecule has 2 radical (unpaired) electrons. The minimum absolute atomic E-state index is 0. The predicted molar refractivity (Wildman–Crippen MR) is 81.1 cm³/mol. The molecule has 0 amide bonds. The maximum absolute atomic E-state index is 11.1.